The summed E-state index contributed by atoms with van der Waals surface area (Å²) in [7, 11) is -3.23. The third-order valence-corrected chi connectivity index (χ3v) is 6.10. The lowest BCUT2D eigenvalue weighted by Crippen LogP contribution is -2.65. The van der Waals surface area contributed by atoms with Gasteiger partial charge in [0.05, 0.1) is 11.0 Å². The summed E-state index contributed by atoms with van der Waals surface area (Å²) in [6.07, 6.45) is 0.476. The Balaban J connectivity index is 2.93. The quantitative estimate of drug-likeness (QED) is 0.776. The van der Waals surface area contributed by atoms with Gasteiger partial charge in [-0.05, 0) is 26.2 Å². The minimum atomic E-state index is -3.23. The van der Waals surface area contributed by atoms with Crippen molar-refractivity contribution in [3.05, 3.63) is 0 Å². The van der Waals surface area contributed by atoms with Gasteiger partial charge >= 0.3 is 0 Å². The van der Waals surface area contributed by atoms with Gasteiger partial charge in [0, 0.05) is 6.54 Å². The first-order valence-electron chi connectivity index (χ1n) is 7.44. The highest BCUT2D eigenvalue weighted by Crippen LogP contribution is 2.18. The van der Waals surface area contributed by atoms with Gasteiger partial charge in [-0.15, -0.1) is 0 Å². The predicted octanol–water partition coefficient (Wildman–Crippen LogP) is 0.571. The standard InChI is InChI=1S/C14H26N2O4S/c1-6-11-13(17)15-12(9(2)3)14(18)16(11)7-8-21(19,20)10(4)5/h9-12H,6-8H2,1-5H3,(H,15,17). The van der Waals surface area contributed by atoms with Crippen molar-refractivity contribution in [2.45, 2.75) is 58.4 Å². The molecule has 6 nitrogen and oxygen atoms in total. The van der Waals surface area contributed by atoms with Crippen molar-refractivity contribution < 1.29 is 18.0 Å². The van der Waals surface area contributed by atoms with Crippen LogP contribution in [0.15, 0.2) is 0 Å². The second-order valence-electron chi connectivity index (χ2n) is 6.10. The molecule has 7 heteroatoms. The molecule has 21 heavy (non-hydrogen) atoms. The van der Waals surface area contributed by atoms with Crippen LogP contribution in [0.5, 0.6) is 0 Å². The molecule has 0 radical (unpaired) electrons. The summed E-state index contributed by atoms with van der Waals surface area (Å²) in [6.45, 7) is 8.85. The van der Waals surface area contributed by atoms with Crippen LogP contribution in [0, 0.1) is 5.92 Å². The molecule has 2 unspecified atom stereocenters. The van der Waals surface area contributed by atoms with Gasteiger partial charge in [-0.2, -0.15) is 0 Å². The molecule has 1 aliphatic rings. The van der Waals surface area contributed by atoms with Crippen LogP contribution in [0.4, 0.5) is 0 Å². The summed E-state index contributed by atoms with van der Waals surface area (Å²) in [5.74, 6) is -0.512. The highest BCUT2D eigenvalue weighted by molar-refractivity contribution is 7.92. The first-order valence-corrected chi connectivity index (χ1v) is 9.15. The van der Waals surface area contributed by atoms with Crippen molar-refractivity contribution in [2.75, 3.05) is 12.3 Å². The third kappa shape index (κ3) is 3.96. The normalized spacial score (nSPS) is 23.9. The van der Waals surface area contributed by atoms with E-state index in [-0.39, 0.29) is 30.0 Å². The Morgan fingerprint density at radius 1 is 1.19 bits per heavy atom. The van der Waals surface area contributed by atoms with Gasteiger partial charge in [-0.25, -0.2) is 8.42 Å². The number of amides is 2. The molecule has 1 rings (SSSR count). The Hall–Kier alpha value is -1.11. The molecular weight excluding hydrogens is 292 g/mol. The number of carbonyl (C=O) groups is 2. The van der Waals surface area contributed by atoms with E-state index in [0.29, 0.717) is 6.42 Å². The molecule has 0 aliphatic carbocycles. The summed E-state index contributed by atoms with van der Waals surface area (Å²) < 4.78 is 23.9. The molecular formula is C14H26N2O4S. The Bertz CT molecular complexity index is 499. The topological polar surface area (TPSA) is 83.6 Å². The zero-order valence-electron chi connectivity index (χ0n) is 13.4. The molecule has 2 atom stereocenters. The number of rotatable bonds is 6. The summed E-state index contributed by atoms with van der Waals surface area (Å²) in [4.78, 5) is 26.0. The molecule has 1 saturated heterocycles. The number of nitrogens with zero attached hydrogens (tertiary/aromatic N) is 1. The zero-order chi connectivity index (χ0) is 16.4. The van der Waals surface area contributed by atoms with Gasteiger partial charge in [0.1, 0.15) is 12.1 Å². The molecule has 2 amide bonds. The lowest BCUT2D eigenvalue weighted by molar-refractivity contribution is -0.150. The fourth-order valence-corrected chi connectivity index (χ4v) is 3.29. The molecule has 0 bridgehead atoms. The van der Waals surface area contributed by atoms with E-state index in [2.05, 4.69) is 5.32 Å². The van der Waals surface area contributed by atoms with Gasteiger partial charge in [0.15, 0.2) is 9.84 Å². The van der Waals surface area contributed by atoms with Gasteiger partial charge in [0.2, 0.25) is 11.8 Å². The lowest BCUT2D eigenvalue weighted by Gasteiger charge is -2.40. The van der Waals surface area contributed by atoms with Crippen LogP contribution < -0.4 is 5.32 Å². The van der Waals surface area contributed by atoms with Crippen LogP contribution in [-0.4, -0.2) is 54.8 Å². The van der Waals surface area contributed by atoms with E-state index in [9.17, 15) is 18.0 Å². The fraction of sp³-hybridized carbons (Fsp3) is 0.857. The Morgan fingerprint density at radius 3 is 2.19 bits per heavy atom. The van der Waals surface area contributed by atoms with Crippen LogP contribution in [0.25, 0.3) is 0 Å². The van der Waals surface area contributed by atoms with Crippen molar-refractivity contribution in [3.8, 4) is 0 Å². The van der Waals surface area contributed by atoms with Crippen LogP contribution in [0.1, 0.15) is 41.0 Å². The smallest absolute Gasteiger partial charge is 0.246 e. The van der Waals surface area contributed by atoms with Crippen LogP contribution in [0.3, 0.4) is 0 Å². The predicted molar refractivity (Wildman–Crippen MR) is 81.5 cm³/mol. The van der Waals surface area contributed by atoms with Crippen LogP contribution in [-0.2, 0) is 19.4 Å². The first-order chi connectivity index (χ1) is 9.61. The fourth-order valence-electron chi connectivity index (χ4n) is 2.37. The maximum atomic E-state index is 12.5. The largest absolute Gasteiger partial charge is 0.342 e. The Morgan fingerprint density at radius 2 is 1.76 bits per heavy atom. The lowest BCUT2D eigenvalue weighted by atomic mass is 9.97. The molecule has 1 fully saturated rings. The van der Waals surface area contributed by atoms with Gasteiger partial charge in [-0.3, -0.25) is 9.59 Å². The highest BCUT2D eigenvalue weighted by atomic mass is 32.2. The van der Waals surface area contributed by atoms with E-state index >= 15 is 0 Å². The summed E-state index contributed by atoms with van der Waals surface area (Å²) in [5.41, 5.74) is 0. The molecule has 0 aromatic carbocycles. The van der Waals surface area contributed by atoms with E-state index in [0.717, 1.165) is 0 Å². The minimum Gasteiger partial charge on any atom is -0.342 e. The Kier molecular flexibility index (Phi) is 5.78. The molecule has 0 aromatic rings. The van der Waals surface area contributed by atoms with E-state index in [1.807, 2.05) is 20.8 Å². The van der Waals surface area contributed by atoms with Gasteiger partial charge in [-0.1, -0.05) is 20.8 Å². The highest BCUT2D eigenvalue weighted by Gasteiger charge is 2.41. The molecule has 0 aromatic heterocycles. The minimum absolute atomic E-state index is 0.0246. The van der Waals surface area contributed by atoms with E-state index in [4.69, 9.17) is 0 Å². The second-order valence-corrected chi connectivity index (χ2v) is 8.78. The summed E-state index contributed by atoms with van der Waals surface area (Å²) in [6, 6.07) is -1.14. The van der Waals surface area contributed by atoms with E-state index in [1.54, 1.807) is 13.8 Å². The monoisotopic (exact) mass is 318 g/mol. The second kappa shape index (κ2) is 6.77. The van der Waals surface area contributed by atoms with Crippen molar-refractivity contribution in [1.82, 2.24) is 10.2 Å². The summed E-state index contributed by atoms with van der Waals surface area (Å²) in [5, 5.41) is 2.26. The first kappa shape index (κ1) is 17.9. The third-order valence-electron chi connectivity index (χ3n) is 3.91. The van der Waals surface area contributed by atoms with Crippen LogP contribution >= 0.6 is 0 Å². The number of hydrogen-bond acceptors (Lipinski definition) is 4. The SMILES string of the molecule is CCC1C(=O)NC(C(C)C)C(=O)N1CCS(=O)(=O)C(C)C. The zero-order valence-corrected chi connectivity index (χ0v) is 14.2. The average molecular weight is 318 g/mol. The maximum absolute atomic E-state index is 12.5. The number of hydrogen-bond donors (Lipinski definition) is 1. The molecule has 0 saturated carbocycles. The van der Waals surface area contributed by atoms with Crippen molar-refractivity contribution in [2.24, 2.45) is 5.92 Å². The van der Waals surface area contributed by atoms with Crippen molar-refractivity contribution in [3.63, 3.8) is 0 Å². The number of piperazine rings is 1. The summed E-state index contributed by atoms with van der Waals surface area (Å²) >= 11 is 0. The molecule has 0 spiro atoms. The maximum Gasteiger partial charge on any atom is 0.246 e. The van der Waals surface area contributed by atoms with Crippen molar-refractivity contribution >= 4 is 21.7 Å². The van der Waals surface area contributed by atoms with Crippen molar-refractivity contribution in [1.29, 1.82) is 0 Å². The molecule has 1 aliphatic heterocycles. The van der Waals surface area contributed by atoms with Gasteiger partial charge < -0.3 is 10.2 Å². The number of carbonyl (C=O) groups excluding carboxylic acids is 2. The molecule has 122 valence electrons. The van der Waals surface area contributed by atoms with Crippen LogP contribution in [0.2, 0.25) is 0 Å². The number of sulfone groups is 1. The van der Waals surface area contributed by atoms with Gasteiger partial charge in [0.25, 0.3) is 0 Å². The molecule has 1 heterocycles. The van der Waals surface area contributed by atoms with E-state index in [1.165, 1.54) is 4.90 Å². The average Bonchev–Trinajstić information content (AvgIpc) is 2.38. The van der Waals surface area contributed by atoms with E-state index < -0.39 is 27.2 Å². The number of nitrogens with one attached hydrogen (secondary N) is 1. The molecule has 1 N–H and O–H groups in total. The Labute approximate surface area is 127 Å².